The molecule has 2 aliphatic rings. The Morgan fingerprint density at radius 1 is 1.24 bits per heavy atom. The molecule has 9 nitrogen and oxygen atoms in total. The van der Waals surface area contributed by atoms with E-state index in [-0.39, 0.29) is 19.4 Å². The van der Waals surface area contributed by atoms with E-state index < -0.39 is 20.7 Å². The summed E-state index contributed by atoms with van der Waals surface area (Å²) in [6, 6.07) is 0. The van der Waals surface area contributed by atoms with Crippen molar-refractivity contribution in [3.63, 3.8) is 0 Å². The number of nitrogens with two attached hydrogens (primary N) is 1. The van der Waals surface area contributed by atoms with Gasteiger partial charge in [-0.05, 0) is 65.3 Å². The molecule has 1 aliphatic carbocycles. The van der Waals surface area contributed by atoms with E-state index in [9.17, 15) is 13.2 Å². The summed E-state index contributed by atoms with van der Waals surface area (Å²) in [6.45, 7) is 7.98. The van der Waals surface area contributed by atoms with Crippen molar-refractivity contribution in [3.05, 3.63) is 35.6 Å². The van der Waals surface area contributed by atoms with Crippen LogP contribution in [0.2, 0.25) is 0 Å². The molecule has 194 valence electrons. The topological polar surface area (TPSA) is 124 Å². The lowest BCUT2D eigenvalue weighted by molar-refractivity contribution is -0.121. The second-order valence-corrected chi connectivity index (χ2v) is 10.9. The third kappa shape index (κ3) is 7.76. The minimum Gasteiger partial charge on any atom is -0.395 e. The van der Waals surface area contributed by atoms with Gasteiger partial charge in [0.15, 0.2) is 4.75 Å². The van der Waals surface area contributed by atoms with Crippen molar-refractivity contribution in [2.75, 3.05) is 52.9 Å². The Morgan fingerprint density at radius 2 is 1.91 bits per heavy atom. The molecule has 0 aromatic carbocycles. The molecule has 1 amide bonds. The van der Waals surface area contributed by atoms with Crippen LogP contribution >= 0.6 is 0 Å². The summed E-state index contributed by atoms with van der Waals surface area (Å²) < 4.78 is 27.2. The lowest BCUT2D eigenvalue weighted by Gasteiger charge is -2.35. The summed E-state index contributed by atoms with van der Waals surface area (Å²) in [7, 11) is -2.16. The number of hydrogen-bond donors (Lipinski definition) is 2. The Morgan fingerprint density at radius 3 is 2.50 bits per heavy atom. The van der Waals surface area contributed by atoms with Crippen LogP contribution in [-0.4, -0.2) is 97.5 Å². The SMILES string of the molecule is CC=O.CCC(CCN(C)CCO)(C(N)=O)S(=O)(=O)N1CCCN(C2=CC=C(C)CC=C2)CC1. The number of aliphatic hydroxyl groups excluding tert-OH is 1. The zero-order valence-corrected chi connectivity index (χ0v) is 21.9. The van der Waals surface area contributed by atoms with E-state index in [0.29, 0.717) is 39.1 Å². The molecule has 0 bridgehead atoms. The van der Waals surface area contributed by atoms with Gasteiger partial charge in [0.1, 0.15) is 6.29 Å². The molecule has 3 N–H and O–H groups in total. The molecular weight excluding hydrogens is 456 g/mol. The molecule has 1 heterocycles. The first kappa shape index (κ1) is 30.0. The van der Waals surface area contributed by atoms with Gasteiger partial charge in [-0.3, -0.25) is 4.79 Å². The smallest absolute Gasteiger partial charge is 0.240 e. The van der Waals surface area contributed by atoms with Crippen LogP contribution in [0, 0.1) is 0 Å². The normalized spacial score (nSPS) is 19.2. The number of primary amides is 1. The van der Waals surface area contributed by atoms with Crippen LogP contribution in [0.4, 0.5) is 0 Å². The number of aldehydes is 1. The van der Waals surface area contributed by atoms with Crippen LogP contribution in [0.25, 0.3) is 0 Å². The van der Waals surface area contributed by atoms with Crippen molar-refractivity contribution in [1.82, 2.24) is 14.1 Å². The summed E-state index contributed by atoms with van der Waals surface area (Å²) in [6.07, 6.45) is 11.0. The predicted molar refractivity (Wildman–Crippen MR) is 135 cm³/mol. The molecule has 0 aromatic rings. The van der Waals surface area contributed by atoms with Crippen molar-refractivity contribution < 1.29 is 23.1 Å². The van der Waals surface area contributed by atoms with Crippen LogP contribution < -0.4 is 5.73 Å². The number of carbonyl (C=O) groups excluding carboxylic acids is 2. The monoisotopic (exact) mass is 498 g/mol. The molecule has 0 radical (unpaired) electrons. The van der Waals surface area contributed by atoms with Crippen molar-refractivity contribution >= 4 is 22.2 Å². The molecule has 2 rings (SSSR count). The second kappa shape index (κ2) is 14.4. The zero-order valence-electron chi connectivity index (χ0n) is 21.1. The average Bonchev–Trinajstić information content (AvgIpc) is 3.15. The number of rotatable bonds is 10. The summed E-state index contributed by atoms with van der Waals surface area (Å²) in [5.74, 6) is -0.802. The first-order chi connectivity index (χ1) is 16.1. The quantitative estimate of drug-likeness (QED) is 0.435. The maximum atomic E-state index is 13.7. The van der Waals surface area contributed by atoms with Crippen LogP contribution in [0.3, 0.4) is 0 Å². The third-order valence-electron chi connectivity index (χ3n) is 6.32. The number of sulfonamides is 1. The third-order valence-corrected chi connectivity index (χ3v) is 9.05. The summed E-state index contributed by atoms with van der Waals surface area (Å²) in [5, 5.41) is 9.11. The highest BCUT2D eigenvalue weighted by molar-refractivity contribution is 7.91. The highest BCUT2D eigenvalue weighted by atomic mass is 32.2. The van der Waals surface area contributed by atoms with Gasteiger partial charge in [-0.25, -0.2) is 8.42 Å². The van der Waals surface area contributed by atoms with E-state index in [1.165, 1.54) is 16.8 Å². The fourth-order valence-electron chi connectivity index (χ4n) is 4.13. The van der Waals surface area contributed by atoms with Crippen molar-refractivity contribution in [3.8, 4) is 0 Å². The predicted octanol–water partition coefficient (Wildman–Crippen LogP) is 1.27. The number of allylic oxidation sites excluding steroid dienone is 5. The number of aliphatic hydroxyl groups is 1. The highest BCUT2D eigenvalue weighted by Crippen LogP contribution is 2.31. The summed E-state index contributed by atoms with van der Waals surface area (Å²) in [4.78, 5) is 25.3. The Balaban J connectivity index is 0.00000182. The lowest BCUT2D eigenvalue weighted by Crippen LogP contribution is -2.57. The van der Waals surface area contributed by atoms with Gasteiger partial charge >= 0.3 is 0 Å². The molecular formula is C24H42N4O5S. The molecule has 10 heteroatoms. The standard InChI is InChI=1S/C22H38N4O4S.C2H4O/c1-4-22(21(23)28,11-14-24(3)17-18-27)31(29,30)26-13-6-12-25(15-16-26)20-8-5-7-19(2)9-10-20;1-2-3/h5,8-10,27H,4,6-7,11-18H2,1-3H3,(H2,23,28);2H,1H3. The fraction of sp³-hybridized carbons (Fsp3) is 0.667. The van der Waals surface area contributed by atoms with Crippen LogP contribution in [0.15, 0.2) is 35.6 Å². The molecule has 0 saturated carbocycles. The summed E-state index contributed by atoms with van der Waals surface area (Å²) >= 11 is 0. The Bertz CT molecular complexity index is 869. The number of carbonyl (C=O) groups is 2. The Kier molecular flexibility index (Phi) is 12.7. The van der Waals surface area contributed by atoms with E-state index in [0.717, 1.165) is 24.9 Å². The number of hydrogen-bond acceptors (Lipinski definition) is 7. The first-order valence-corrected chi connectivity index (χ1v) is 13.3. The summed E-state index contributed by atoms with van der Waals surface area (Å²) in [5.41, 5.74) is 8.07. The minimum absolute atomic E-state index is 0.0279. The van der Waals surface area contributed by atoms with Crippen molar-refractivity contribution in [2.45, 2.75) is 51.2 Å². The molecule has 0 aromatic heterocycles. The van der Waals surface area contributed by atoms with Gasteiger partial charge in [0.2, 0.25) is 15.9 Å². The van der Waals surface area contributed by atoms with Crippen molar-refractivity contribution in [2.24, 2.45) is 5.73 Å². The van der Waals surface area contributed by atoms with Gasteiger partial charge in [-0.1, -0.05) is 24.6 Å². The largest absolute Gasteiger partial charge is 0.395 e. The minimum atomic E-state index is -3.95. The van der Waals surface area contributed by atoms with Crippen LogP contribution in [-0.2, 0) is 19.6 Å². The fourth-order valence-corrected chi connectivity index (χ4v) is 6.29. The van der Waals surface area contributed by atoms with Crippen LogP contribution in [0.5, 0.6) is 0 Å². The van der Waals surface area contributed by atoms with Crippen molar-refractivity contribution in [1.29, 1.82) is 0 Å². The Labute approximate surface area is 205 Å². The van der Waals surface area contributed by atoms with E-state index in [4.69, 9.17) is 15.6 Å². The lowest BCUT2D eigenvalue weighted by atomic mass is 10.0. The second-order valence-electron chi connectivity index (χ2n) is 8.68. The maximum Gasteiger partial charge on any atom is 0.240 e. The molecule has 1 unspecified atom stereocenters. The molecule has 1 saturated heterocycles. The van der Waals surface area contributed by atoms with E-state index in [1.807, 2.05) is 4.90 Å². The van der Waals surface area contributed by atoms with Gasteiger partial charge in [0.05, 0.1) is 6.61 Å². The maximum absolute atomic E-state index is 13.7. The number of nitrogens with zero attached hydrogens (tertiary/aromatic N) is 3. The van der Waals surface area contributed by atoms with Gasteiger partial charge in [0.25, 0.3) is 0 Å². The van der Waals surface area contributed by atoms with Gasteiger partial charge < -0.3 is 25.4 Å². The highest BCUT2D eigenvalue weighted by Gasteiger charge is 2.50. The van der Waals surface area contributed by atoms with Crippen LogP contribution in [0.1, 0.15) is 46.5 Å². The number of likely N-dealkylation sites (N-methyl/N-ethyl adjacent to an activating group) is 1. The molecule has 1 fully saturated rings. The molecule has 0 spiro atoms. The molecule has 1 atom stereocenters. The molecule has 1 aliphatic heterocycles. The van der Waals surface area contributed by atoms with Gasteiger partial charge in [-0.2, -0.15) is 4.31 Å². The first-order valence-electron chi connectivity index (χ1n) is 11.9. The van der Waals surface area contributed by atoms with E-state index in [1.54, 1.807) is 14.0 Å². The van der Waals surface area contributed by atoms with Gasteiger partial charge in [0, 0.05) is 38.4 Å². The zero-order chi connectivity index (χ0) is 25.8. The molecule has 34 heavy (non-hydrogen) atoms. The van der Waals surface area contributed by atoms with E-state index >= 15 is 0 Å². The average molecular weight is 499 g/mol. The number of amides is 1. The van der Waals surface area contributed by atoms with Gasteiger partial charge in [-0.15, -0.1) is 0 Å². The van der Waals surface area contributed by atoms with E-state index in [2.05, 4.69) is 36.1 Å². The Hall–Kier alpha value is -2.01.